The molecule has 1 aromatic heterocycles. The summed E-state index contributed by atoms with van der Waals surface area (Å²) >= 11 is 0. The maximum Gasteiger partial charge on any atom is 0.417 e. The Labute approximate surface area is 133 Å². The Kier molecular flexibility index (Phi) is 4.85. The maximum absolute atomic E-state index is 12.8. The molecule has 0 radical (unpaired) electrons. The molecule has 3 rings (SSSR count). The summed E-state index contributed by atoms with van der Waals surface area (Å²) in [6, 6.07) is 6.31. The zero-order chi connectivity index (χ0) is 16.1. The normalized spacial score (nSPS) is 14.8. The second-order valence-corrected chi connectivity index (χ2v) is 5.62. The van der Waals surface area contributed by atoms with E-state index in [1.807, 2.05) is 0 Å². The van der Waals surface area contributed by atoms with Crippen molar-refractivity contribution in [3.05, 3.63) is 41.5 Å². The van der Waals surface area contributed by atoms with E-state index in [1.54, 1.807) is 12.1 Å². The van der Waals surface area contributed by atoms with Crippen molar-refractivity contribution >= 4 is 5.91 Å². The summed E-state index contributed by atoms with van der Waals surface area (Å²) in [6.07, 6.45) is 4.72. The Hall–Kier alpha value is -2.44. The molecule has 0 spiro atoms. The third kappa shape index (κ3) is 4.51. The van der Waals surface area contributed by atoms with E-state index >= 15 is 0 Å². The van der Waals surface area contributed by atoms with Crippen molar-refractivity contribution in [2.45, 2.75) is 38.1 Å². The summed E-state index contributed by atoms with van der Waals surface area (Å²) in [7, 11) is 0. The molecule has 2 aromatic rings. The molecule has 0 aliphatic heterocycles. The van der Waals surface area contributed by atoms with E-state index in [2.05, 4.69) is 15.5 Å². The van der Waals surface area contributed by atoms with Crippen LogP contribution in [0.15, 0.2) is 28.8 Å². The van der Waals surface area contributed by atoms with Gasteiger partial charge in [0.25, 0.3) is 5.91 Å². The highest BCUT2D eigenvalue weighted by molar-refractivity contribution is 5.77. The second kappa shape index (κ2) is 7.21. The number of ether oxygens (including phenoxy) is 1. The first-order valence-corrected chi connectivity index (χ1v) is 7.68. The van der Waals surface area contributed by atoms with E-state index < -0.39 is 0 Å². The molecule has 1 fully saturated rings. The van der Waals surface area contributed by atoms with E-state index in [4.69, 9.17) is 9.26 Å². The number of nitrogens with zero attached hydrogens (tertiary/aromatic N) is 2. The highest BCUT2D eigenvalue weighted by atomic mass is 19.1. The molecule has 6 nitrogen and oxygen atoms in total. The van der Waals surface area contributed by atoms with Gasteiger partial charge >= 0.3 is 6.08 Å². The van der Waals surface area contributed by atoms with Gasteiger partial charge < -0.3 is 10.1 Å². The van der Waals surface area contributed by atoms with Gasteiger partial charge in [0.2, 0.25) is 0 Å². The number of halogens is 1. The lowest BCUT2D eigenvalue weighted by Gasteiger charge is -2.10. The van der Waals surface area contributed by atoms with Gasteiger partial charge in [0.1, 0.15) is 5.82 Å². The zero-order valence-electron chi connectivity index (χ0n) is 12.6. The summed E-state index contributed by atoms with van der Waals surface area (Å²) in [5.74, 6) is -0.0582. The molecular formula is C16H18FN3O3. The van der Waals surface area contributed by atoms with Crippen molar-refractivity contribution < 1.29 is 18.4 Å². The molecule has 0 bridgehead atoms. The second-order valence-electron chi connectivity index (χ2n) is 5.62. The molecule has 0 unspecified atom stereocenters. The number of benzene rings is 1. The molecule has 122 valence electrons. The number of carbonyl (C=O) groups excluding carboxylic acids is 1. The lowest BCUT2D eigenvalue weighted by molar-refractivity contribution is -0.124. The van der Waals surface area contributed by atoms with Crippen LogP contribution in [0.25, 0.3) is 0 Å². The van der Waals surface area contributed by atoms with Crippen molar-refractivity contribution in [3.63, 3.8) is 0 Å². The first kappa shape index (κ1) is 15.5. The quantitative estimate of drug-likeness (QED) is 0.883. The molecule has 1 amide bonds. The summed E-state index contributed by atoms with van der Waals surface area (Å²) in [6.45, 7) is -0.144. The van der Waals surface area contributed by atoms with Gasteiger partial charge in [-0.25, -0.2) is 4.39 Å². The van der Waals surface area contributed by atoms with Crippen LogP contribution in [0, 0.1) is 5.82 Å². The summed E-state index contributed by atoms with van der Waals surface area (Å²) in [5.41, 5.74) is 0.859. The average Bonchev–Trinajstić information content (AvgIpc) is 3.19. The fourth-order valence-electron chi connectivity index (χ4n) is 2.62. The van der Waals surface area contributed by atoms with Crippen LogP contribution < -0.4 is 10.1 Å². The van der Waals surface area contributed by atoms with Crippen LogP contribution in [0.4, 0.5) is 4.39 Å². The molecule has 1 saturated carbocycles. The molecular weight excluding hydrogens is 301 g/mol. The largest absolute Gasteiger partial charge is 0.439 e. The van der Waals surface area contributed by atoms with Gasteiger partial charge in [0.05, 0.1) is 0 Å². The minimum atomic E-state index is -0.292. The van der Waals surface area contributed by atoms with Gasteiger partial charge in [-0.1, -0.05) is 30.1 Å². The van der Waals surface area contributed by atoms with Gasteiger partial charge in [-0.2, -0.15) is 4.98 Å². The minimum Gasteiger partial charge on any atom is -0.439 e. The topological polar surface area (TPSA) is 77.2 Å². The Bertz CT molecular complexity index is 651. The van der Waals surface area contributed by atoms with Crippen molar-refractivity contribution in [1.29, 1.82) is 0 Å². The fraction of sp³-hybridized carbons (Fsp3) is 0.438. The van der Waals surface area contributed by atoms with Crippen LogP contribution in [0.5, 0.6) is 6.08 Å². The van der Waals surface area contributed by atoms with Crippen LogP contribution >= 0.6 is 0 Å². The average molecular weight is 319 g/mol. The van der Waals surface area contributed by atoms with Crippen molar-refractivity contribution in [1.82, 2.24) is 15.5 Å². The third-order valence-corrected chi connectivity index (χ3v) is 3.77. The summed E-state index contributed by atoms with van der Waals surface area (Å²) in [4.78, 5) is 15.8. The summed E-state index contributed by atoms with van der Waals surface area (Å²) in [5, 5.41) is 6.69. The molecule has 1 aromatic carbocycles. The zero-order valence-corrected chi connectivity index (χ0v) is 12.6. The summed E-state index contributed by atoms with van der Waals surface area (Å²) < 4.78 is 23.0. The van der Waals surface area contributed by atoms with E-state index in [9.17, 15) is 9.18 Å². The van der Waals surface area contributed by atoms with Crippen LogP contribution in [0.3, 0.4) is 0 Å². The Morgan fingerprint density at radius 2 is 2.04 bits per heavy atom. The fourth-order valence-corrected chi connectivity index (χ4v) is 2.62. The van der Waals surface area contributed by atoms with Crippen LogP contribution in [0.1, 0.15) is 37.1 Å². The van der Waals surface area contributed by atoms with Crippen LogP contribution in [-0.4, -0.2) is 28.7 Å². The number of amides is 1. The standard InChI is InChI=1S/C16H18FN3O3/c17-12-7-5-11(6-8-12)9-14-19-16(23-20-14)22-10-15(21)18-13-3-1-2-4-13/h5-8,13H,1-4,9-10H2,(H,18,21). The van der Waals surface area contributed by atoms with Gasteiger partial charge in [0.15, 0.2) is 12.4 Å². The predicted octanol–water partition coefficient (Wildman–Crippen LogP) is 2.24. The van der Waals surface area contributed by atoms with Crippen molar-refractivity contribution in [3.8, 4) is 6.08 Å². The highest BCUT2D eigenvalue weighted by Crippen LogP contribution is 2.17. The SMILES string of the molecule is O=C(COc1nc(Cc2ccc(F)cc2)no1)NC1CCCC1. The van der Waals surface area contributed by atoms with Gasteiger partial charge in [-0.3, -0.25) is 9.32 Å². The number of rotatable bonds is 6. The molecule has 1 heterocycles. The molecule has 23 heavy (non-hydrogen) atoms. The minimum absolute atomic E-state index is 0.0383. The molecule has 1 aliphatic carbocycles. The van der Waals surface area contributed by atoms with E-state index in [1.165, 1.54) is 12.1 Å². The number of aromatic nitrogens is 2. The first-order valence-electron chi connectivity index (χ1n) is 7.68. The van der Waals surface area contributed by atoms with Crippen LogP contribution in [-0.2, 0) is 11.2 Å². The molecule has 0 saturated heterocycles. The molecule has 0 atom stereocenters. The van der Waals surface area contributed by atoms with E-state index in [0.717, 1.165) is 31.2 Å². The van der Waals surface area contributed by atoms with E-state index in [0.29, 0.717) is 12.2 Å². The van der Waals surface area contributed by atoms with Gasteiger partial charge in [0, 0.05) is 12.5 Å². The Morgan fingerprint density at radius 3 is 2.78 bits per heavy atom. The predicted molar refractivity (Wildman–Crippen MR) is 79.4 cm³/mol. The van der Waals surface area contributed by atoms with Gasteiger partial charge in [-0.05, 0) is 30.5 Å². The Balaban J connectivity index is 1.47. The molecule has 7 heteroatoms. The highest BCUT2D eigenvalue weighted by Gasteiger charge is 2.18. The maximum atomic E-state index is 12.8. The van der Waals surface area contributed by atoms with Crippen molar-refractivity contribution in [2.75, 3.05) is 6.61 Å². The van der Waals surface area contributed by atoms with Crippen molar-refractivity contribution in [2.24, 2.45) is 0 Å². The lowest BCUT2D eigenvalue weighted by Crippen LogP contribution is -2.36. The number of hydrogen-bond donors (Lipinski definition) is 1. The van der Waals surface area contributed by atoms with Gasteiger partial charge in [-0.15, -0.1) is 0 Å². The van der Waals surface area contributed by atoms with E-state index in [-0.39, 0.29) is 30.4 Å². The monoisotopic (exact) mass is 319 g/mol. The first-order chi connectivity index (χ1) is 11.2. The Morgan fingerprint density at radius 1 is 1.30 bits per heavy atom. The molecule has 1 aliphatic rings. The lowest BCUT2D eigenvalue weighted by atomic mass is 10.1. The smallest absolute Gasteiger partial charge is 0.417 e. The number of hydrogen-bond acceptors (Lipinski definition) is 5. The third-order valence-electron chi connectivity index (χ3n) is 3.77. The number of nitrogens with one attached hydrogen (secondary N) is 1. The van der Waals surface area contributed by atoms with Crippen LogP contribution in [0.2, 0.25) is 0 Å². The number of carbonyl (C=O) groups is 1. The molecule has 1 N–H and O–H groups in total.